The number of nitrogens with zero attached hydrogens (tertiary/aromatic N) is 5. The van der Waals surface area contributed by atoms with E-state index in [0.717, 1.165) is 30.4 Å². The van der Waals surface area contributed by atoms with Gasteiger partial charge in [0.25, 0.3) is 5.78 Å². The Bertz CT molecular complexity index is 850. The fraction of sp³-hybridized carbons (Fsp3) is 0.389. The quantitative estimate of drug-likeness (QED) is 0.727. The van der Waals surface area contributed by atoms with Gasteiger partial charge < -0.3 is 4.90 Å². The molecular weight excluding hydrogens is 318 g/mol. The highest BCUT2D eigenvalue weighted by Gasteiger charge is 2.23. The van der Waals surface area contributed by atoms with Gasteiger partial charge in [0.05, 0.1) is 5.69 Å². The molecule has 1 fully saturated rings. The monoisotopic (exact) mass is 339 g/mol. The molecule has 1 aromatic carbocycles. The molecule has 2 aromatic heterocycles. The first-order valence-electron chi connectivity index (χ1n) is 8.31. The van der Waals surface area contributed by atoms with E-state index >= 15 is 0 Å². The maximum atomic E-state index is 4.66. The van der Waals surface area contributed by atoms with E-state index in [1.807, 2.05) is 16.3 Å². The van der Waals surface area contributed by atoms with E-state index in [0.29, 0.717) is 5.78 Å². The molecule has 0 spiro atoms. The maximum absolute atomic E-state index is 4.66. The predicted octanol–water partition coefficient (Wildman–Crippen LogP) is 3.56. The first kappa shape index (κ1) is 15.4. The molecule has 0 saturated carbocycles. The fourth-order valence-electron chi connectivity index (χ4n) is 3.43. The summed E-state index contributed by atoms with van der Waals surface area (Å²) in [6, 6.07) is 8.84. The lowest BCUT2D eigenvalue weighted by atomic mass is 10.0. The first-order chi connectivity index (χ1) is 11.8. The van der Waals surface area contributed by atoms with Crippen LogP contribution in [0.25, 0.3) is 16.9 Å². The highest BCUT2D eigenvalue weighted by Crippen LogP contribution is 2.35. The number of fused-ring (bicyclic) bond motifs is 1. The molecule has 3 aromatic rings. The largest absolute Gasteiger partial charge is 0.356 e. The van der Waals surface area contributed by atoms with Gasteiger partial charge in [-0.25, -0.2) is 4.98 Å². The van der Waals surface area contributed by atoms with E-state index in [1.165, 1.54) is 29.5 Å². The molecule has 5 nitrogen and oxygen atoms in total. The Balaban J connectivity index is 1.89. The summed E-state index contributed by atoms with van der Waals surface area (Å²) in [5.74, 6) is 2.85. The molecule has 0 unspecified atom stereocenters. The number of aryl methyl sites for hydroxylation is 1. The zero-order valence-corrected chi connectivity index (χ0v) is 14.9. The second kappa shape index (κ2) is 6.43. The highest BCUT2D eigenvalue weighted by atomic mass is 32.2. The fourth-order valence-corrected chi connectivity index (χ4v) is 3.95. The molecule has 0 N–H and O–H groups in total. The van der Waals surface area contributed by atoms with Crippen LogP contribution in [-0.4, -0.2) is 38.9 Å². The van der Waals surface area contributed by atoms with Crippen LogP contribution in [-0.2, 0) is 5.75 Å². The molecule has 4 rings (SSSR count). The minimum Gasteiger partial charge on any atom is -0.356 e. The third-order valence-corrected chi connectivity index (χ3v) is 5.16. The van der Waals surface area contributed by atoms with Gasteiger partial charge in [0.2, 0.25) is 0 Å². The Morgan fingerprint density at radius 3 is 2.58 bits per heavy atom. The average Bonchev–Trinajstić information content (AvgIpc) is 3.26. The molecule has 0 aliphatic carbocycles. The summed E-state index contributed by atoms with van der Waals surface area (Å²) in [6.07, 6.45) is 6.17. The predicted molar refractivity (Wildman–Crippen MR) is 99.6 cm³/mol. The Kier molecular flexibility index (Phi) is 4.14. The third-order valence-electron chi connectivity index (χ3n) is 4.54. The molecule has 1 aliphatic rings. The molecule has 3 heterocycles. The lowest BCUT2D eigenvalue weighted by Gasteiger charge is -2.23. The van der Waals surface area contributed by atoms with Crippen LogP contribution in [0.15, 0.2) is 30.6 Å². The number of benzene rings is 1. The van der Waals surface area contributed by atoms with Crippen molar-refractivity contribution < 1.29 is 0 Å². The summed E-state index contributed by atoms with van der Waals surface area (Å²) in [7, 11) is 0. The van der Waals surface area contributed by atoms with Gasteiger partial charge in [-0.05, 0) is 37.1 Å². The third kappa shape index (κ3) is 2.65. The molecular formula is C18H21N5S. The van der Waals surface area contributed by atoms with E-state index in [4.69, 9.17) is 0 Å². The Labute approximate surface area is 146 Å². The van der Waals surface area contributed by atoms with Crippen molar-refractivity contribution in [3.05, 3.63) is 41.9 Å². The molecule has 0 bridgehead atoms. The normalized spacial score (nSPS) is 14.7. The molecule has 0 amide bonds. The maximum Gasteiger partial charge on any atom is 0.254 e. The second-order valence-electron chi connectivity index (χ2n) is 6.19. The molecule has 1 saturated heterocycles. The van der Waals surface area contributed by atoms with Crippen molar-refractivity contribution in [2.24, 2.45) is 0 Å². The summed E-state index contributed by atoms with van der Waals surface area (Å²) in [5.41, 5.74) is 4.73. The van der Waals surface area contributed by atoms with Gasteiger partial charge in [-0.1, -0.05) is 24.3 Å². The SMILES string of the molecule is CSCc1ccc(-c2c(C)nc3ncnn3c2N2CCCC2)cc1. The van der Waals surface area contributed by atoms with Crippen LogP contribution in [0.5, 0.6) is 0 Å². The van der Waals surface area contributed by atoms with Crippen molar-refractivity contribution >= 4 is 23.4 Å². The number of aromatic nitrogens is 4. The van der Waals surface area contributed by atoms with Crippen LogP contribution >= 0.6 is 11.8 Å². The van der Waals surface area contributed by atoms with Crippen molar-refractivity contribution in [1.82, 2.24) is 19.6 Å². The van der Waals surface area contributed by atoms with Gasteiger partial charge in [-0.15, -0.1) is 0 Å². The first-order valence-corrected chi connectivity index (χ1v) is 9.71. The topological polar surface area (TPSA) is 46.3 Å². The zero-order chi connectivity index (χ0) is 16.5. The Morgan fingerprint density at radius 2 is 1.88 bits per heavy atom. The zero-order valence-electron chi connectivity index (χ0n) is 14.1. The number of hydrogen-bond acceptors (Lipinski definition) is 5. The molecule has 6 heteroatoms. The summed E-state index contributed by atoms with van der Waals surface area (Å²) < 4.78 is 1.89. The van der Waals surface area contributed by atoms with E-state index in [-0.39, 0.29) is 0 Å². The highest BCUT2D eigenvalue weighted by molar-refractivity contribution is 7.97. The van der Waals surface area contributed by atoms with Crippen LogP contribution < -0.4 is 4.90 Å². The van der Waals surface area contributed by atoms with Gasteiger partial charge in [-0.2, -0.15) is 26.4 Å². The minimum absolute atomic E-state index is 0.678. The standard InChI is InChI=1S/C18H21N5S/c1-13-16(15-7-5-14(6-8-15)11-24-2)17(22-9-3-4-10-22)23-18(21-13)19-12-20-23/h5-8,12H,3-4,9-11H2,1-2H3. The van der Waals surface area contributed by atoms with Crippen LogP contribution in [0.2, 0.25) is 0 Å². The van der Waals surface area contributed by atoms with Gasteiger partial charge in [0, 0.05) is 24.4 Å². The Morgan fingerprint density at radius 1 is 1.12 bits per heavy atom. The van der Waals surface area contributed by atoms with E-state index < -0.39 is 0 Å². The number of rotatable bonds is 4. The van der Waals surface area contributed by atoms with Gasteiger partial charge in [-0.3, -0.25) is 0 Å². The molecule has 0 radical (unpaired) electrons. The van der Waals surface area contributed by atoms with Crippen molar-refractivity contribution in [2.45, 2.75) is 25.5 Å². The van der Waals surface area contributed by atoms with Crippen molar-refractivity contribution in [1.29, 1.82) is 0 Å². The van der Waals surface area contributed by atoms with Crippen molar-refractivity contribution in [3.63, 3.8) is 0 Å². The summed E-state index contributed by atoms with van der Waals surface area (Å²) >= 11 is 1.84. The molecule has 24 heavy (non-hydrogen) atoms. The summed E-state index contributed by atoms with van der Waals surface area (Å²) in [6.45, 7) is 4.20. The summed E-state index contributed by atoms with van der Waals surface area (Å²) in [5, 5.41) is 4.44. The lowest BCUT2D eigenvalue weighted by Crippen LogP contribution is -2.23. The molecule has 124 valence electrons. The van der Waals surface area contributed by atoms with Crippen LogP contribution in [0.4, 0.5) is 5.82 Å². The Hall–Kier alpha value is -2.08. The lowest BCUT2D eigenvalue weighted by molar-refractivity contribution is 0.848. The van der Waals surface area contributed by atoms with E-state index in [2.05, 4.69) is 57.4 Å². The van der Waals surface area contributed by atoms with Crippen molar-refractivity contribution in [2.75, 3.05) is 24.2 Å². The van der Waals surface area contributed by atoms with E-state index in [9.17, 15) is 0 Å². The van der Waals surface area contributed by atoms with Crippen LogP contribution in [0.1, 0.15) is 24.1 Å². The summed E-state index contributed by atoms with van der Waals surface area (Å²) in [4.78, 5) is 11.4. The number of anilines is 1. The van der Waals surface area contributed by atoms with Crippen LogP contribution in [0.3, 0.4) is 0 Å². The van der Waals surface area contributed by atoms with Gasteiger partial charge in [0.15, 0.2) is 0 Å². The minimum atomic E-state index is 0.678. The average molecular weight is 339 g/mol. The number of thioether (sulfide) groups is 1. The molecule has 0 atom stereocenters. The van der Waals surface area contributed by atoms with Crippen LogP contribution in [0, 0.1) is 6.92 Å². The molecule has 1 aliphatic heterocycles. The second-order valence-corrected chi connectivity index (χ2v) is 7.06. The van der Waals surface area contributed by atoms with Crippen molar-refractivity contribution in [3.8, 4) is 11.1 Å². The van der Waals surface area contributed by atoms with E-state index in [1.54, 1.807) is 6.33 Å². The number of hydrogen-bond donors (Lipinski definition) is 0. The smallest absolute Gasteiger partial charge is 0.254 e. The van der Waals surface area contributed by atoms with Gasteiger partial charge in [0.1, 0.15) is 12.1 Å². The van der Waals surface area contributed by atoms with Gasteiger partial charge >= 0.3 is 0 Å².